The highest BCUT2D eigenvalue weighted by molar-refractivity contribution is 9.11. The van der Waals surface area contributed by atoms with E-state index in [1.165, 1.54) is 11.3 Å². The number of nitrogens with one attached hydrogen (secondary N) is 2. The molecular formula is C20H23BrN4O3S. The average Bonchev–Trinajstić information content (AvgIpc) is 3.32. The topological polar surface area (TPSA) is 105 Å². The van der Waals surface area contributed by atoms with Gasteiger partial charge in [-0.1, -0.05) is 18.2 Å². The Hall–Kier alpha value is -2.23. The lowest BCUT2D eigenvalue weighted by Gasteiger charge is -2.23. The maximum absolute atomic E-state index is 12.6. The van der Waals surface area contributed by atoms with E-state index in [-0.39, 0.29) is 23.8 Å². The number of hydrogen-bond acceptors (Lipinski definition) is 5. The van der Waals surface area contributed by atoms with Gasteiger partial charge in [0.1, 0.15) is 6.04 Å². The molecule has 7 nitrogen and oxygen atoms in total. The number of benzene rings is 1. The Morgan fingerprint density at radius 3 is 2.72 bits per heavy atom. The second kappa shape index (κ2) is 9.51. The van der Waals surface area contributed by atoms with Crippen LogP contribution in [0.1, 0.15) is 35.0 Å². The Balaban J connectivity index is 1.64. The summed E-state index contributed by atoms with van der Waals surface area (Å²) in [6.45, 7) is 2.95. The molecule has 0 bridgehead atoms. The quantitative estimate of drug-likeness (QED) is 0.568. The van der Waals surface area contributed by atoms with E-state index < -0.39 is 6.04 Å². The number of nitrogens with two attached hydrogens (primary N) is 1. The number of thiophene rings is 1. The van der Waals surface area contributed by atoms with Crippen molar-refractivity contribution in [3.63, 3.8) is 0 Å². The first kappa shape index (κ1) is 21.5. The molecule has 2 unspecified atom stereocenters. The molecule has 1 aliphatic heterocycles. The fourth-order valence-corrected chi connectivity index (χ4v) is 4.64. The molecule has 0 saturated carbocycles. The Bertz CT molecular complexity index is 917. The zero-order valence-electron chi connectivity index (χ0n) is 16.0. The van der Waals surface area contributed by atoms with Gasteiger partial charge in [0.05, 0.1) is 14.7 Å². The summed E-state index contributed by atoms with van der Waals surface area (Å²) in [4.78, 5) is 39.1. The number of halogens is 1. The lowest BCUT2D eigenvalue weighted by atomic mass is 10.1. The Kier molecular flexibility index (Phi) is 7.05. The second-order valence-corrected chi connectivity index (χ2v) is 9.44. The molecule has 4 N–H and O–H groups in total. The number of primary amides is 1. The summed E-state index contributed by atoms with van der Waals surface area (Å²) < 4.78 is 0.852. The van der Waals surface area contributed by atoms with Gasteiger partial charge in [0.15, 0.2) is 0 Å². The summed E-state index contributed by atoms with van der Waals surface area (Å²) in [5.74, 6) is -0.923. The van der Waals surface area contributed by atoms with Crippen LogP contribution in [0.5, 0.6) is 0 Å². The second-order valence-electron chi connectivity index (χ2n) is 6.98. The van der Waals surface area contributed by atoms with Gasteiger partial charge in [-0.3, -0.25) is 19.3 Å². The molecule has 3 rings (SSSR count). The third kappa shape index (κ3) is 5.43. The maximum Gasteiger partial charge on any atom is 0.262 e. The number of likely N-dealkylation sites (tertiary alicyclic amines) is 1. The maximum atomic E-state index is 12.6. The molecule has 29 heavy (non-hydrogen) atoms. The first-order valence-electron chi connectivity index (χ1n) is 9.33. The van der Waals surface area contributed by atoms with Crippen LogP contribution in [-0.2, 0) is 16.1 Å². The van der Waals surface area contributed by atoms with Gasteiger partial charge >= 0.3 is 0 Å². The van der Waals surface area contributed by atoms with Crippen molar-refractivity contribution < 1.29 is 14.4 Å². The van der Waals surface area contributed by atoms with E-state index in [4.69, 9.17) is 5.73 Å². The van der Waals surface area contributed by atoms with Gasteiger partial charge in [0.25, 0.3) is 5.91 Å². The van der Waals surface area contributed by atoms with Crippen LogP contribution in [-0.4, -0.2) is 41.2 Å². The van der Waals surface area contributed by atoms with Crippen LogP contribution >= 0.6 is 27.3 Å². The predicted octanol–water partition coefficient (Wildman–Crippen LogP) is 2.72. The van der Waals surface area contributed by atoms with Crippen LogP contribution in [0.2, 0.25) is 0 Å². The Labute approximate surface area is 181 Å². The molecule has 0 radical (unpaired) electrons. The van der Waals surface area contributed by atoms with E-state index in [9.17, 15) is 14.4 Å². The summed E-state index contributed by atoms with van der Waals surface area (Å²) in [6, 6.07) is 9.96. The van der Waals surface area contributed by atoms with Crippen molar-refractivity contribution in [2.24, 2.45) is 5.73 Å². The molecule has 1 aromatic carbocycles. The van der Waals surface area contributed by atoms with Crippen molar-refractivity contribution in [3.05, 3.63) is 50.6 Å². The van der Waals surface area contributed by atoms with Gasteiger partial charge in [0, 0.05) is 12.2 Å². The van der Waals surface area contributed by atoms with E-state index >= 15 is 0 Å². The number of hydrogen-bond donors (Lipinski definition) is 3. The molecule has 1 aliphatic rings. The standard InChI is InChI=1S/C20H23BrN4O3S/c1-12(23-20(28)16-8-9-17(21)29-16)19(27)24-14-6-3-2-5-13(14)11-25-10-4-7-15(25)18(22)26/h2-3,5-6,8-9,12,15H,4,7,10-11H2,1H3,(H2,22,26)(H,23,28)(H,24,27). The zero-order chi connectivity index (χ0) is 21.0. The summed E-state index contributed by atoms with van der Waals surface area (Å²) in [5, 5.41) is 5.60. The highest BCUT2D eigenvalue weighted by Gasteiger charge is 2.29. The highest BCUT2D eigenvalue weighted by Crippen LogP contribution is 2.24. The van der Waals surface area contributed by atoms with Crippen molar-refractivity contribution in [3.8, 4) is 0 Å². The van der Waals surface area contributed by atoms with E-state index in [1.807, 2.05) is 29.2 Å². The van der Waals surface area contributed by atoms with Crippen molar-refractivity contribution in [1.82, 2.24) is 10.2 Å². The monoisotopic (exact) mass is 478 g/mol. The number of nitrogens with zero attached hydrogens (tertiary/aromatic N) is 1. The number of rotatable bonds is 7. The molecule has 1 saturated heterocycles. The number of para-hydroxylation sites is 1. The van der Waals surface area contributed by atoms with Gasteiger partial charge in [-0.05, 0) is 66.0 Å². The molecular weight excluding hydrogens is 456 g/mol. The van der Waals surface area contributed by atoms with Gasteiger partial charge in [-0.15, -0.1) is 11.3 Å². The fraction of sp³-hybridized carbons (Fsp3) is 0.350. The summed E-state index contributed by atoms with van der Waals surface area (Å²) in [7, 11) is 0. The SMILES string of the molecule is CC(NC(=O)c1ccc(Br)s1)C(=O)Nc1ccccc1CN1CCCC1C(N)=O. The zero-order valence-corrected chi connectivity index (χ0v) is 18.4. The normalized spacial score (nSPS) is 17.7. The van der Waals surface area contributed by atoms with E-state index in [0.717, 1.165) is 28.7 Å². The van der Waals surface area contributed by atoms with Gasteiger partial charge in [0.2, 0.25) is 11.8 Å². The summed E-state index contributed by atoms with van der Waals surface area (Å²) in [5.41, 5.74) is 7.06. The molecule has 154 valence electrons. The van der Waals surface area contributed by atoms with Gasteiger partial charge < -0.3 is 16.4 Å². The smallest absolute Gasteiger partial charge is 0.262 e. The average molecular weight is 479 g/mol. The van der Waals surface area contributed by atoms with Crippen molar-refractivity contribution in [2.75, 3.05) is 11.9 Å². The lowest BCUT2D eigenvalue weighted by molar-refractivity contribution is -0.122. The first-order chi connectivity index (χ1) is 13.8. The van der Waals surface area contributed by atoms with E-state index in [2.05, 4.69) is 26.6 Å². The Morgan fingerprint density at radius 2 is 2.03 bits per heavy atom. The largest absolute Gasteiger partial charge is 0.368 e. The minimum atomic E-state index is -0.707. The van der Waals surface area contributed by atoms with E-state index in [0.29, 0.717) is 17.1 Å². The molecule has 9 heteroatoms. The molecule has 2 atom stereocenters. The molecule has 1 fully saturated rings. The number of amides is 3. The van der Waals surface area contributed by atoms with Crippen LogP contribution in [0, 0.1) is 0 Å². The fourth-order valence-electron chi connectivity index (χ4n) is 3.35. The van der Waals surface area contributed by atoms with Crippen LogP contribution in [0.15, 0.2) is 40.2 Å². The van der Waals surface area contributed by atoms with Gasteiger partial charge in [-0.25, -0.2) is 0 Å². The third-order valence-electron chi connectivity index (χ3n) is 4.88. The molecule has 2 aromatic rings. The predicted molar refractivity (Wildman–Crippen MR) is 117 cm³/mol. The third-order valence-corrected chi connectivity index (χ3v) is 6.50. The number of carbonyl (C=O) groups excluding carboxylic acids is 3. The van der Waals surface area contributed by atoms with Crippen LogP contribution in [0.3, 0.4) is 0 Å². The van der Waals surface area contributed by atoms with Crippen LogP contribution in [0.25, 0.3) is 0 Å². The Morgan fingerprint density at radius 1 is 1.28 bits per heavy atom. The number of carbonyl (C=O) groups is 3. The molecule has 1 aromatic heterocycles. The molecule has 0 aliphatic carbocycles. The summed E-state index contributed by atoms with van der Waals surface area (Å²) in [6.07, 6.45) is 1.68. The molecule has 2 heterocycles. The van der Waals surface area contributed by atoms with Crippen LogP contribution < -0.4 is 16.4 Å². The first-order valence-corrected chi connectivity index (χ1v) is 10.9. The number of anilines is 1. The minimum absolute atomic E-state index is 0.276. The van der Waals surface area contributed by atoms with Crippen molar-refractivity contribution in [2.45, 2.75) is 38.4 Å². The van der Waals surface area contributed by atoms with Gasteiger partial charge in [-0.2, -0.15) is 0 Å². The lowest BCUT2D eigenvalue weighted by Crippen LogP contribution is -2.42. The van der Waals surface area contributed by atoms with Crippen LogP contribution in [0.4, 0.5) is 5.69 Å². The van der Waals surface area contributed by atoms with Crippen molar-refractivity contribution >= 4 is 50.7 Å². The minimum Gasteiger partial charge on any atom is -0.368 e. The molecule has 0 spiro atoms. The molecule has 3 amide bonds. The van der Waals surface area contributed by atoms with E-state index in [1.54, 1.807) is 19.1 Å². The summed E-state index contributed by atoms with van der Waals surface area (Å²) >= 11 is 4.63. The highest BCUT2D eigenvalue weighted by atomic mass is 79.9. The van der Waals surface area contributed by atoms with Crippen molar-refractivity contribution in [1.29, 1.82) is 0 Å².